The van der Waals surface area contributed by atoms with Crippen LogP contribution in [0.1, 0.15) is 16.7 Å². The minimum atomic E-state index is -0.161. The number of benzene rings is 2. The first-order chi connectivity index (χ1) is 9.58. The van der Waals surface area contributed by atoms with E-state index in [9.17, 15) is 4.79 Å². The number of aryl methyl sites for hydroxylation is 1. The fourth-order valence-electron chi connectivity index (χ4n) is 1.78. The summed E-state index contributed by atoms with van der Waals surface area (Å²) in [5.41, 5.74) is 3.00. The molecular formula is C16H13ClN2O. The lowest BCUT2D eigenvalue weighted by molar-refractivity contribution is -0.115. The number of amides is 1. The molecule has 1 amide bonds. The fraction of sp³-hybridized carbons (Fsp3) is 0.125. The van der Waals surface area contributed by atoms with Crippen LogP contribution in [-0.4, -0.2) is 5.91 Å². The lowest BCUT2D eigenvalue weighted by Gasteiger charge is -2.08. The van der Waals surface area contributed by atoms with E-state index in [1.165, 1.54) is 0 Å². The molecular weight excluding hydrogens is 272 g/mol. The minimum Gasteiger partial charge on any atom is -0.324 e. The molecule has 0 aliphatic heterocycles. The van der Waals surface area contributed by atoms with Crippen molar-refractivity contribution in [1.29, 1.82) is 5.26 Å². The number of nitriles is 1. The van der Waals surface area contributed by atoms with Gasteiger partial charge in [0.05, 0.1) is 28.8 Å². The van der Waals surface area contributed by atoms with E-state index >= 15 is 0 Å². The molecule has 0 heterocycles. The summed E-state index contributed by atoms with van der Waals surface area (Å²) in [5.74, 6) is -0.161. The molecule has 100 valence electrons. The Bertz CT molecular complexity index is 672. The molecule has 0 saturated heterocycles. The van der Waals surface area contributed by atoms with Crippen LogP contribution in [0.15, 0.2) is 42.5 Å². The number of rotatable bonds is 3. The molecule has 0 aliphatic rings. The van der Waals surface area contributed by atoms with Crippen LogP contribution in [0.3, 0.4) is 0 Å². The summed E-state index contributed by atoms with van der Waals surface area (Å²) >= 11 is 6.00. The number of halogens is 1. The lowest BCUT2D eigenvalue weighted by Crippen LogP contribution is -2.14. The third kappa shape index (κ3) is 3.59. The summed E-state index contributed by atoms with van der Waals surface area (Å²) in [5, 5.41) is 12.0. The van der Waals surface area contributed by atoms with Crippen LogP contribution in [0, 0.1) is 18.3 Å². The number of hydrogen-bond donors (Lipinski definition) is 1. The molecule has 0 spiro atoms. The summed E-state index contributed by atoms with van der Waals surface area (Å²) in [7, 11) is 0. The van der Waals surface area contributed by atoms with E-state index in [1.807, 2.05) is 37.3 Å². The fourth-order valence-corrected chi connectivity index (χ4v) is 1.94. The molecule has 2 aromatic carbocycles. The maximum Gasteiger partial charge on any atom is 0.228 e. The summed E-state index contributed by atoms with van der Waals surface area (Å²) in [4.78, 5) is 12.0. The topological polar surface area (TPSA) is 52.9 Å². The number of nitrogens with one attached hydrogen (secondary N) is 1. The molecule has 0 saturated carbocycles. The number of carbonyl (C=O) groups is 1. The van der Waals surface area contributed by atoms with Crippen molar-refractivity contribution in [2.24, 2.45) is 0 Å². The van der Waals surface area contributed by atoms with E-state index in [0.29, 0.717) is 16.3 Å². The molecule has 0 aliphatic carbocycles. The van der Waals surface area contributed by atoms with E-state index in [-0.39, 0.29) is 12.3 Å². The van der Waals surface area contributed by atoms with Gasteiger partial charge in [-0.2, -0.15) is 5.26 Å². The molecule has 0 radical (unpaired) electrons. The number of nitrogens with zero attached hydrogens (tertiary/aromatic N) is 1. The van der Waals surface area contributed by atoms with Gasteiger partial charge in [-0.1, -0.05) is 41.4 Å². The molecule has 2 rings (SSSR count). The highest BCUT2D eigenvalue weighted by atomic mass is 35.5. The van der Waals surface area contributed by atoms with Crippen molar-refractivity contribution in [3.63, 3.8) is 0 Å². The largest absolute Gasteiger partial charge is 0.324 e. The maximum atomic E-state index is 12.0. The van der Waals surface area contributed by atoms with Gasteiger partial charge in [-0.05, 0) is 30.7 Å². The van der Waals surface area contributed by atoms with Crippen LogP contribution in [0.25, 0.3) is 0 Å². The number of carbonyl (C=O) groups excluding carboxylic acids is 1. The Morgan fingerprint density at radius 2 is 1.95 bits per heavy atom. The molecule has 0 atom stereocenters. The first-order valence-electron chi connectivity index (χ1n) is 6.13. The average Bonchev–Trinajstić information content (AvgIpc) is 2.44. The molecule has 0 bridgehead atoms. The van der Waals surface area contributed by atoms with Crippen molar-refractivity contribution >= 4 is 23.2 Å². The SMILES string of the molecule is Cc1ccc(CC(=O)Nc2cc(C#N)ccc2Cl)cc1. The Hall–Kier alpha value is -2.31. The average molecular weight is 285 g/mol. The van der Waals surface area contributed by atoms with Crippen molar-refractivity contribution < 1.29 is 4.79 Å². The van der Waals surface area contributed by atoms with Crippen LogP contribution < -0.4 is 5.32 Å². The van der Waals surface area contributed by atoms with Gasteiger partial charge in [0.1, 0.15) is 0 Å². The quantitative estimate of drug-likeness (QED) is 0.934. The Morgan fingerprint density at radius 1 is 1.25 bits per heavy atom. The molecule has 1 N–H and O–H groups in total. The molecule has 4 heteroatoms. The van der Waals surface area contributed by atoms with Gasteiger partial charge in [-0.3, -0.25) is 4.79 Å². The van der Waals surface area contributed by atoms with E-state index in [0.717, 1.165) is 11.1 Å². The van der Waals surface area contributed by atoms with Crippen molar-refractivity contribution in [3.05, 3.63) is 64.2 Å². The molecule has 2 aromatic rings. The van der Waals surface area contributed by atoms with Gasteiger partial charge in [0.15, 0.2) is 0 Å². The lowest BCUT2D eigenvalue weighted by atomic mass is 10.1. The first kappa shape index (κ1) is 14.1. The van der Waals surface area contributed by atoms with E-state index in [4.69, 9.17) is 16.9 Å². The minimum absolute atomic E-state index is 0.161. The second kappa shape index (κ2) is 6.23. The highest BCUT2D eigenvalue weighted by molar-refractivity contribution is 6.33. The molecule has 3 nitrogen and oxygen atoms in total. The predicted octanol–water partition coefficient (Wildman–Crippen LogP) is 3.70. The summed E-state index contributed by atoms with van der Waals surface area (Å²) in [6.45, 7) is 2.00. The van der Waals surface area contributed by atoms with Gasteiger partial charge < -0.3 is 5.32 Å². The third-order valence-corrected chi connectivity index (χ3v) is 3.18. The Morgan fingerprint density at radius 3 is 2.60 bits per heavy atom. The van der Waals surface area contributed by atoms with Crippen LogP contribution in [-0.2, 0) is 11.2 Å². The Balaban J connectivity index is 2.08. The van der Waals surface area contributed by atoms with Crippen LogP contribution in [0.2, 0.25) is 5.02 Å². The van der Waals surface area contributed by atoms with Gasteiger partial charge in [-0.25, -0.2) is 0 Å². The van der Waals surface area contributed by atoms with Crippen molar-refractivity contribution in [2.45, 2.75) is 13.3 Å². The summed E-state index contributed by atoms with van der Waals surface area (Å²) in [6.07, 6.45) is 0.271. The molecule has 0 aromatic heterocycles. The Kier molecular flexibility index (Phi) is 4.39. The third-order valence-electron chi connectivity index (χ3n) is 2.85. The van der Waals surface area contributed by atoms with Gasteiger partial charge in [0.2, 0.25) is 5.91 Å². The van der Waals surface area contributed by atoms with Gasteiger partial charge in [0, 0.05) is 0 Å². The molecule has 0 unspecified atom stereocenters. The zero-order chi connectivity index (χ0) is 14.5. The van der Waals surface area contributed by atoms with Crippen molar-refractivity contribution in [1.82, 2.24) is 0 Å². The number of anilines is 1. The summed E-state index contributed by atoms with van der Waals surface area (Å²) < 4.78 is 0. The smallest absolute Gasteiger partial charge is 0.228 e. The van der Waals surface area contributed by atoms with E-state index in [1.54, 1.807) is 18.2 Å². The maximum absolute atomic E-state index is 12.0. The standard InChI is InChI=1S/C16H13ClN2O/c1-11-2-4-12(5-3-11)9-16(20)19-15-8-13(10-18)6-7-14(15)17/h2-8H,9H2,1H3,(H,19,20). The summed E-state index contributed by atoms with van der Waals surface area (Å²) in [6, 6.07) is 14.6. The zero-order valence-electron chi connectivity index (χ0n) is 11.0. The molecule has 0 fully saturated rings. The van der Waals surface area contributed by atoms with Crippen LogP contribution in [0.5, 0.6) is 0 Å². The predicted molar refractivity (Wildman–Crippen MR) is 79.7 cm³/mol. The second-order valence-electron chi connectivity index (χ2n) is 4.52. The molecule has 20 heavy (non-hydrogen) atoms. The second-order valence-corrected chi connectivity index (χ2v) is 4.92. The monoisotopic (exact) mass is 284 g/mol. The van der Waals surface area contributed by atoms with Gasteiger partial charge >= 0.3 is 0 Å². The Labute approximate surface area is 122 Å². The van der Waals surface area contributed by atoms with Crippen LogP contribution >= 0.6 is 11.6 Å². The normalized spacial score (nSPS) is 9.85. The highest BCUT2D eigenvalue weighted by Gasteiger charge is 2.08. The zero-order valence-corrected chi connectivity index (χ0v) is 11.7. The number of hydrogen-bond acceptors (Lipinski definition) is 2. The van der Waals surface area contributed by atoms with Gasteiger partial charge in [0.25, 0.3) is 0 Å². The van der Waals surface area contributed by atoms with E-state index in [2.05, 4.69) is 5.32 Å². The van der Waals surface area contributed by atoms with Crippen molar-refractivity contribution in [3.8, 4) is 6.07 Å². The van der Waals surface area contributed by atoms with E-state index < -0.39 is 0 Å². The van der Waals surface area contributed by atoms with Gasteiger partial charge in [-0.15, -0.1) is 0 Å². The first-order valence-corrected chi connectivity index (χ1v) is 6.51. The van der Waals surface area contributed by atoms with Crippen molar-refractivity contribution in [2.75, 3.05) is 5.32 Å². The van der Waals surface area contributed by atoms with Crippen LogP contribution in [0.4, 0.5) is 5.69 Å². The highest BCUT2D eigenvalue weighted by Crippen LogP contribution is 2.23.